The van der Waals surface area contributed by atoms with E-state index in [1.54, 1.807) is 6.07 Å². The maximum atomic E-state index is 13.0. The fraction of sp³-hybridized carbons (Fsp3) is 0.389. The first-order valence-electron chi connectivity index (χ1n) is 8.96. The zero-order chi connectivity index (χ0) is 17.5. The molecule has 3 aromatic rings. The summed E-state index contributed by atoms with van der Waals surface area (Å²) < 4.78 is 14.9. The molecule has 0 unspecified atom stereocenters. The molecule has 1 fully saturated rings. The molecule has 8 heteroatoms. The third kappa shape index (κ3) is 2.66. The highest BCUT2D eigenvalue weighted by molar-refractivity contribution is 5.76. The van der Waals surface area contributed by atoms with E-state index in [2.05, 4.69) is 36.6 Å². The lowest BCUT2D eigenvalue weighted by atomic mass is 9.90. The van der Waals surface area contributed by atoms with Gasteiger partial charge in [0.1, 0.15) is 18.3 Å². The minimum Gasteiger partial charge on any atom is -0.352 e. The van der Waals surface area contributed by atoms with Gasteiger partial charge in [-0.25, -0.2) is 9.07 Å². The number of hydrogen-bond donors (Lipinski definition) is 2. The molecule has 134 valence electrons. The molecule has 2 aliphatic heterocycles. The third-order valence-electron chi connectivity index (χ3n) is 5.32. The maximum Gasteiger partial charge on any atom is 0.141 e. The Morgan fingerprint density at radius 3 is 2.88 bits per heavy atom. The normalized spacial score (nSPS) is 17.6. The van der Waals surface area contributed by atoms with E-state index >= 15 is 0 Å². The van der Waals surface area contributed by atoms with Crippen molar-refractivity contribution in [2.75, 3.05) is 18.4 Å². The second-order valence-corrected chi connectivity index (χ2v) is 6.94. The third-order valence-corrected chi connectivity index (χ3v) is 5.32. The number of piperidine rings is 1. The summed E-state index contributed by atoms with van der Waals surface area (Å²) in [6.45, 7) is 3.37. The molecule has 1 saturated heterocycles. The highest BCUT2D eigenvalue weighted by atomic mass is 19.1. The van der Waals surface area contributed by atoms with Gasteiger partial charge in [0.05, 0.1) is 23.3 Å². The first-order valence-corrected chi connectivity index (χ1v) is 8.96. The summed E-state index contributed by atoms with van der Waals surface area (Å²) in [5, 5.41) is 12.2. The molecule has 2 aliphatic rings. The summed E-state index contributed by atoms with van der Waals surface area (Å²) >= 11 is 0. The van der Waals surface area contributed by atoms with E-state index in [1.807, 2.05) is 10.9 Å². The van der Waals surface area contributed by atoms with Crippen LogP contribution in [0.5, 0.6) is 0 Å². The molecule has 0 atom stereocenters. The van der Waals surface area contributed by atoms with E-state index < -0.39 is 0 Å². The molecule has 0 bridgehead atoms. The molecular formula is C18H20FN7. The Morgan fingerprint density at radius 2 is 2.08 bits per heavy atom. The van der Waals surface area contributed by atoms with Gasteiger partial charge in [-0.05, 0) is 44.1 Å². The second kappa shape index (κ2) is 6.21. The van der Waals surface area contributed by atoms with Crippen LogP contribution in [0, 0.1) is 5.82 Å². The predicted octanol–water partition coefficient (Wildman–Crippen LogP) is 2.57. The molecule has 0 amide bonds. The van der Waals surface area contributed by atoms with Gasteiger partial charge in [-0.2, -0.15) is 0 Å². The molecule has 5 rings (SSSR count). The Kier molecular flexibility index (Phi) is 3.70. The van der Waals surface area contributed by atoms with Crippen LogP contribution in [0.15, 0.2) is 30.6 Å². The molecule has 3 aromatic heterocycles. The average Bonchev–Trinajstić information content (AvgIpc) is 3.30. The molecule has 2 N–H and O–H groups in total. The van der Waals surface area contributed by atoms with Gasteiger partial charge in [-0.1, -0.05) is 5.21 Å². The lowest BCUT2D eigenvalue weighted by Gasteiger charge is -2.31. The van der Waals surface area contributed by atoms with Crippen LogP contribution >= 0.6 is 0 Å². The number of fused-ring (bicyclic) bond motifs is 3. The molecule has 7 nitrogen and oxygen atoms in total. The van der Waals surface area contributed by atoms with Crippen LogP contribution in [0.3, 0.4) is 0 Å². The van der Waals surface area contributed by atoms with E-state index in [-0.39, 0.29) is 5.82 Å². The van der Waals surface area contributed by atoms with Crippen molar-refractivity contribution in [3.8, 4) is 11.3 Å². The largest absolute Gasteiger partial charge is 0.352 e. The number of H-pyrrole nitrogens is 1. The Labute approximate surface area is 150 Å². The summed E-state index contributed by atoms with van der Waals surface area (Å²) in [5.74, 6) is 1.17. The van der Waals surface area contributed by atoms with Gasteiger partial charge < -0.3 is 10.3 Å². The van der Waals surface area contributed by atoms with Crippen LogP contribution in [0.4, 0.5) is 10.2 Å². The molecule has 0 saturated carbocycles. The minimum atomic E-state index is -0.289. The number of nitrogens with zero attached hydrogens (tertiary/aromatic N) is 5. The van der Waals surface area contributed by atoms with Crippen molar-refractivity contribution in [1.29, 1.82) is 0 Å². The number of pyridine rings is 1. The van der Waals surface area contributed by atoms with Crippen molar-refractivity contribution >= 4 is 5.82 Å². The van der Waals surface area contributed by atoms with E-state index in [0.29, 0.717) is 12.6 Å². The lowest BCUT2D eigenvalue weighted by Crippen LogP contribution is -2.33. The van der Waals surface area contributed by atoms with Gasteiger partial charge in [-0.15, -0.1) is 5.10 Å². The summed E-state index contributed by atoms with van der Waals surface area (Å²) in [6, 6.07) is 5.31. The van der Waals surface area contributed by atoms with E-state index in [9.17, 15) is 4.39 Å². The summed E-state index contributed by atoms with van der Waals surface area (Å²) in [4.78, 5) is 9.77. The number of nitrogens with one attached hydrogen (secondary N) is 2. The van der Waals surface area contributed by atoms with Crippen molar-refractivity contribution in [2.45, 2.75) is 32.0 Å². The van der Waals surface area contributed by atoms with Crippen molar-refractivity contribution in [1.82, 2.24) is 29.9 Å². The summed E-state index contributed by atoms with van der Waals surface area (Å²) in [6.07, 6.45) is 5.32. The first-order chi connectivity index (χ1) is 12.8. The first kappa shape index (κ1) is 15.5. The number of rotatable bonds is 3. The van der Waals surface area contributed by atoms with Crippen molar-refractivity contribution in [3.63, 3.8) is 0 Å². The molecule has 0 spiro atoms. The van der Waals surface area contributed by atoms with Gasteiger partial charge in [0, 0.05) is 24.2 Å². The fourth-order valence-corrected chi connectivity index (χ4v) is 3.95. The minimum absolute atomic E-state index is 0.289. The Bertz CT molecular complexity index is 906. The average molecular weight is 353 g/mol. The SMILES string of the molecule is Fc1ccc(CN2CCC(c3nnn4c3-c3cc[nH]c3NC4)CC2)nc1. The smallest absolute Gasteiger partial charge is 0.141 e. The van der Waals surface area contributed by atoms with Crippen molar-refractivity contribution in [2.24, 2.45) is 0 Å². The number of likely N-dealkylation sites (tertiary alicyclic amines) is 1. The number of aromatic nitrogens is 5. The van der Waals surface area contributed by atoms with Gasteiger partial charge >= 0.3 is 0 Å². The monoisotopic (exact) mass is 353 g/mol. The zero-order valence-electron chi connectivity index (χ0n) is 14.3. The van der Waals surface area contributed by atoms with Gasteiger partial charge in [-0.3, -0.25) is 9.88 Å². The van der Waals surface area contributed by atoms with Crippen LogP contribution in [-0.2, 0) is 13.2 Å². The maximum absolute atomic E-state index is 13.0. The van der Waals surface area contributed by atoms with E-state index in [4.69, 9.17) is 0 Å². The highest BCUT2D eigenvalue weighted by Gasteiger charge is 2.30. The van der Waals surface area contributed by atoms with Crippen molar-refractivity contribution < 1.29 is 4.39 Å². The molecule has 0 aliphatic carbocycles. The Balaban J connectivity index is 1.30. The van der Waals surface area contributed by atoms with Gasteiger partial charge in [0.25, 0.3) is 0 Å². The van der Waals surface area contributed by atoms with Crippen LogP contribution < -0.4 is 5.32 Å². The molecule has 0 aromatic carbocycles. The van der Waals surface area contributed by atoms with E-state index in [0.717, 1.165) is 60.9 Å². The quantitative estimate of drug-likeness (QED) is 0.757. The standard InChI is InChI=1S/C18H20FN7/c19-13-1-2-14(21-9-13)10-25-7-4-12(5-8-25)16-17-15-3-6-20-18(15)22-11-26(17)24-23-16/h1-3,6,9,12,20,22H,4-5,7-8,10-11H2. The number of aromatic amines is 1. The van der Waals surface area contributed by atoms with Crippen molar-refractivity contribution in [3.05, 3.63) is 47.8 Å². The second-order valence-electron chi connectivity index (χ2n) is 6.94. The van der Waals surface area contributed by atoms with E-state index in [1.165, 1.54) is 12.3 Å². The lowest BCUT2D eigenvalue weighted by molar-refractivity contribution is 0.201. The zero-order valence-corrected chi connectivity index (χ0v) is 14.3. The van der Waals surface area contributed by atoms with Crippen LogP contribution in [-0.4, -0.2) is 43.0 Å². The Hall–Kier alpha value is -2.74. The van der Waals surface area contributed by atoms with Gasteiger partial charge in [0.2, 0.25) is 0 Å². The fourth-order valence-electron chi connectivity index (χ4n) is 3.95. The Morgan fingerprint density at radius 1 is 1.19 bits per heavy atom. The topological polar surface area (TPSA) is 74.7 Å². The van der Waals surface area contributed by atoms with Crippen LogP contribution in [0.2, 0.25) is 0 Å². The highest BCUT2D eigenvalue weighted by Crippen LogP contribution is 2.38. The summed E-state index contributed by atoms with van der Waals surface area (Å²) in [7, 11) is 0. The molecule has 26 heavy (non-hydrogen) atoms. The number of halogens is 1. The summed E-state index contributed by atoms with van der Waals surface area (Å²) in [5.41, 5.74) is 4.30. The number of anilines is 1. The molecule has 5 heterocycles. The van der Waals surface area contributed by atoms with Crippen LogP contribution in [0.25, 0.3) is 11.3 Å². The molecular weight excluding hydrogens is 333 g/mol. The number of hydrogen-bond acceptors (Lipinski definition) is 5. The van der Waals surface area contributed by atoms with Crippen LogP contribution in [0.1, 0.15) is 30.1 Å². The predicted molar refractivity (Wildman–Crippen MR) is 94.9 cm³/mol. The molecule has 0 radical (unpaired) electrons. The van der Waals surface area contributed by atoms with Gasteiger partial charge in [0.15, 0.2) is 0 Å².